The van der Waals surface area contributed by atoms with Crippen molar-refractivity contribution in [3.8, 4) is 0 Å². The lowest BCUT2D eigenvalue weighted by Gasteiger charge is -2.14. The normalized spacial score (nSPS) is 12.7. The molecule has 1 aromatic carbocycles. The fourth-order valence-electron chi connectivity index (χ4n) is 3.65. The average Bonchev–Trinajstić information content (AvgIpc) is 2.77. The lowest BCUT2D eigenvalue weighted by atomic mass is 9.91. The molecule has 0 bridgehead atoms. The van der Waals surface area contributed by atoms with Crippen molar-refractivity contribution in [1.29, 1.82) is 0 Å². The summed E-state index contributed by atoms with van der Waals surface area (Å²) in [6.07, 6.45) is 16.9. The van der Waals surface area contributed by atoms with Gasteiger partial charge in [-0.25, -0.2) is 14.8 Å². The van der Waals surface area contributed by atoms with E-state index in [0.29, 0.717) is 5.82 Å². The average molecular weight is 409 g/mol. The Kier molecular flexibility index (Phi) is 10.8. The van der Waals surface area contributed by atoms with Crippen LogP contribution >= 0.6 is 0 Å². The number of nitrogens with zero attached hydrogens (tertiary/aromatic N) is 2. The van der Waals surface area contributed by atoms with Gasteiger partial charge in [0.1, 0.15) is 5.57 Å². The summed E-state index contributed by atoms with van der Waals surface area (Å²) in [5.41, 5.74) is 2.39. The molecule has 0 aliphatic heterocycles. The second-order valence-corrected chi connectivity index (χ2v) is 7.98. The van der Waals surface area contributed by atoms with Gasteiger partial charge in [-0.2, -0.15) is 0 Å². The first-order chi connectivity index (χ1) is 14.7. The molecule has 0 spiro atoms. The molecule has 1 N–H and O–H groups in total. The number of hydrogen-bond acceptors (Lipinski definition) is 3. The molecule has 0 fully saturated rings. The van der Waals surface area contributed by atoms with Crippen molar-refractivity contribution in [2.45, 2.75) is 84.0 Å². The smallest absolute Gasteiger partial charge is 0.339 e. The summed E-state index contributed by atoms with van der Waals surface area (Å²) in [4.78, 5) is 20.8. The van der Waals surface area contributed by atoms with E-state index in [-0.39, 0.29) is 11.5 Å². The highest BCUT2D eigenvalue weighted by Crippen LogP contribution is 2.27. The maximum atomic E-state index is 12.0. The Morgan fingerprint density at radius 1 is 0.933 bits per heavy atom. The van der Waals surface area contributed by atoms with Crippen LogP contribution in [0.25, 0.3) is 5.57 Å². The van der Waals surface area contributed by atoms with E-state index in [1.165, 1.54) is 32.1 Å². The zero-order valence-electron chi connectivity index (χ0n) is 18.5. The predicted octanol–water partition coefficient (Wildman–Crippen LogP) is 6.82. The van der Waals surface area contributed by atoms with E-state index in [9.17, 15) is 9.90 Å². The Hall–Kier alpha value is -2.49. The van der Waals surface area contributed by atoms with Crippen molar-refractivity contribution in [1.82, 2.24) is 9.97 Å². The van der Waals surface area contributed by atoms with E-state index in [4.69, 9.17) is 0 Å². The van der Waals surface area contributed by atoms with Crippen LogP contribution in [0.2, 0.25) is 0 Å². The van der Waals surface area contributed by atoms with Gasteiger partial charge in [0.25, 0.3) is 0 Å². The van der Waals surface area contributed by atoms with E-state index in [0.717, 1.165) is 43.2 Å². The van der Waals surface area contributed by atoms with Gasteiger partial charge in [-0.3, -0.25) is 0 Å². The molecule has 1 atom stereocenters. The highest BCUT2D eigenvalue weighted by Gasteiger charge is 2.18. The molecule has 1 aromatic heterocycles. The van der Waals surface area contributed by atoms with Gasteiger partial charge < -0.3 is 5.11 Å². The summed E-state index contributed by atoms with van der Waals surface area (Å²) < 4.78 is 0. The zero-order valence-corrected chi connectivity index (χ0v) is 18.5. The van der Waals surface area contributed by atoms with Crippen molar-refractivity contribution < 1.29 is 9.90 Å². The molecule has 0 aliphatic carbocycles. The molecule has 2 rings (SSSR count). The largest absolute Gasteiger partial charge is 0.478 e. The van der Waals surface area contributed by atoms with Crippen LogP contribution < -0.4 is 0 Å². The monoisotopic (exact) mass is 408 g/mol. The van der Waals surface area contributed by atoms with Gasteiger partial charge >= 0.3 is 5.97 Å². The quantitative estimate of drug-likeness (QED) is 0.275. The first-order valence-corrected chi connectivity index (χ1v) is 11.5. The maximum Gasteiger partial charge on any atom is 0.339 e. The van der Waals surface area contributed by atoms with Crippen molar-refractivity contribution >= 4 is 11.5 Å². The summed E-state index contributed by atoms with van der Waals surface area (Å²) >= 11 is 0. The van der Waals surface area contributed by atoms with Gasteiger partial charge in [-0.15, -0.1) is 0 Å². The van der Waals surface area contributed by atoms with E-state index in [1.54, 1.807) is 12.4 Å². The summed E-state index contributed by atoms with van der Waals surface area (Å²) in [6.45, 7) is 4.38. The van der Waals surface area contributed by atoms with E-state index < -0.39 is 5.97 Å². The number of rotatable bonds is 14. The molecule has 162 valence electrons. The molecule has 4 heteroatoms. The van der Waals surface area contributed by atoms with Gasteiger partial charge in [0.15, 0.2) is 5.82 Å². The molecule has 0 saturated heterocycles. The first kappa shape index (κ1) is 23.8. The van der Waals surface area contributed by atoms with Crippen molar-refractivity contribution in [3.05, 3.63) is 65.8 Å². The molecule has 0 aliphatic rings. The topological polar surface area (TPSA) is 63.1 Å². The third-order valence-electron chi connectivity index (χ3n) is 5.46. The van der Waals surface area contributed by atoms with Gasteiger partial charge in [0.2, 0.25) is 0 Å². The molecule has 2 aromatic rings. The van der Waals surface area contributed by atoms with Crippen LogP contribution in [0.4, 0.5) is 0 Å². The number of carbonyl (C=O) groups is 1. The summed E-state index contributed by atoms with van der Waals surface area (Å²) in [5, 5.41) is 9.81. The third-order valence-corrected chi connectivity index (χ3v) is 5.46. The van der Waals surface area contributed by atoms with Crippen LogP contribution in [0.15, 0.2) is 48.8 Å². The minimum absolute atomic E-state index is 0.0450. The molecule has 30 heavy (non-hydrogen) atoms. The summed E-state index contributed by atoms with van der Waals surface area (Å²) in [5.74, 6) is -0.633. The Morgan fingerprint density at radius 3 is 2.20 bits per heavy atom. The molecule has 1 heterocycles. The Labute approximate surface area is 181 Å². The van der Waals surface area contributed by atoms with Gasteiger partial charge in [-0.05, 0) is 30.4 Å². The van der Waals surface area contributed by atoms with E-state index in [1.807, 2.05) is 24.3 Å². The van der Waals surface area contributed by atoms with Crippen LogP contribution in [-0.2, 0) is 11.2 Å². The number of carboxylic acid groups (broad SMARTS) is 1. The van der Waals surface area contributed by atoms with Crippen molar-refractivity contribution in [2.75, 3.05) is 0 Å². The number of aromatic nitrogens is 2. The van der Waals surface area contributed by atoms with Crippen LogP contribution in [0.1, 0.15) is 94.5 Å². The zero-order chi connectivity index (χ0) is 21.6. The molecular weight excluding hydrogens is 372 g/mol. The fourth-order valence-corrected chi connectivity index (χ4v) is 3.65. The van der Waals surface area contributed by atoms with Crippen molar-refractivity contribution in [2.24, 2.45) is 0 Å². The SMILES string of the molecule is CCCCCCCCc1cnc(/C(=C\C(CCCC)c2ccccc2)C(=O)O)nc1. The van der Waals surface area contributed by atoms with Gasteiger partial charge in [0.05, 0.1) is 0 Å². The summed E-state index contributed by atoms with van der Waals surface area (Å²) in [6, 6.07) is 10.1. The van der Waals surface area contributed by atoms with Crippen LogP contribution in [0.3, 0.4) is 0 Å². The molecule has 4 nitrogen and oxygen atoms in total. The van der Waals surface area contributed by atoms with Gasteiger partial charge in [0, 0.05) is 18.3 Å². The molecular formula is C26H36N2O2. The fraction of sp³-hybridized carbons (Fsp3) is 0.500. The Morgan fingerprint density at radius 2 is 1.57 bits per heavy atom. The lowest BCUT2D eigenvalue weighted by molar-refractivity contribution is -0.130. The minimum atomic E-state index is -0.976. The molecule has 0 saturated carbocycles. The van der Waals surface area contributed by atoms with Crippen LogP contribution in [-0.4, -0.2) is 21.0 Å². The summed E-state index contributed by atoms with van der Waals surface area (Å²) in [7, 11) is 0. The number of aryl methyl sites for hydroxylation is 1. The number of hydrogen-bond donors (Lipinski definition) is 1. The Balaban J connectivity index is 2.09. The van der Waals surface area contributed by atoms with Crippen LogP contribution in [0.5, 0.6) is 0 Å². The number of carboxylic acids is 1. The number of benzene rings is 1. The molecule has 1 unspecified atom stereocenters. The van der Waals surface area contributed by atoms with Crippen LogP contribution in [0, 0.1) is 0 Å². The maximum absolute atomic E-state index is 12.0. The standard InChI is InChI=1S/C26H36N2O2/c1-3-5-7-8-9-11-14-21-19-27-25(28-20-21)24(26(29)30)18-23(15-6-4-2)22-16-12-10-13-17-22/h10,12-13,16-20,23H,3-9,11,14-15H2,1-2H3,(H,29,30)/b24-18+. The highest BCUT2D eigenvalue weighted by molar-refractivity contribution is 6.14. The van der Waals surface area contributed by atoms with Crippen molar-refractivity contribution in [3.63, 3.8) is 0 Å². The first-order valence-electron chi connectivity index (χ1n) is 11.5. The molecule has 0 radical (unpaired) electrons. The number of unbranched alkanes of at least 4 members (excludes halogenated alkanes) is 6. The third kappa shape index (κ3) is 8.10. The molecule has 0 amide bonds. The number of allylic oxidation sites excluding steroid dienone is 1. The van der Waals surface area contributed by atoms with Gasteiger partial charge in [-0.1, -0.05) is 95.2 Å². The Bertz CT molecular complexity index is 769. The lowest BCUT2D eigenvalue weighted by Crippen LogP contribution is -2.07. The minimum Gasteiger partial charge on any atom is -0.478 e. The number of aliphatic carboxylic acids is 1. The highest BCUT2D eigenvalue weighted by atomic mass is 16.4. The van der Waals surface area contributed by atoms with E-state index >= 15 is 0 Å². The second-order valence-electron chi connectivity index (χ2n) is 7.98. The second kappa shape index (κ2) is 13.7. The van der Waals surface area contributed by atoms with E-state index in [2.05, 4.69) is 35.9 Å². The predicted molar refractivity (Wildman–Crippen MR) is 123 cm³/mol.